The first-order valence-electron chi connectivity index (χ1n) is 12.3. The Kier molecular flexibility index (Phi) is 8.79. The number of amides is 4. The monoisotopic (exact) mass is 566 g/mol. The van der Waals surface area contributed by atoms with Crippen LogP contribution < -0.4 is 20.4 Å². The minimum Gasteiger partial charge on any atom is -0.450 e. The van der Waals surface area contributed by atoms with Crippen LogP contribution in [-0.2, 0) is 14.3 Å². The zero-order valence-corrected chi connectivity index (χ0v) is 22.1. The van der Waals surface area contributed by atoms with Gasteiger partial charge in [-0.05, 0) is 13.8 Å². The topological polar surface area (TPSA) is 133 Å². The Balaban J connectivity index is 1.33. The van der Waals surface area contributed by atoms with Crippen molar-refractivity contribution in [1.29, 1.82) is 0 Å². The van der Waals surface area contributed by atoms with Gasteiger partial charge in [-0.15, -0.1) is 11.3 Å². The number of anilines is 2. The van der Waals surface area contributed by atoms with Gasteiger partial charge in [-0.25, -0.2) is 23.4 Å². The molecule has 2 aromatic rings. The highest BCUT2D eigenvalue weighted by Crippen LogP contribution is 2.31. The summed E-state index contributed by atoms with van der Waals surface area (Å²) in [6, 6.07) is 1.30. The van der Waals surface area contributed by atoms with Gasteiger partial charge in [0.25, 0.3) is 5.91 Å². The third-order valence-corrected chi connectivity index (χ3v) is 6.81. The molecule has 0 bridgehead atoms. The Morgan fingerprint density at radius 1 is 1.21 bits per heavy atom. The Morgan fingerprint density at radius 3 is 2.51 bits per heavy atom. The van der Waals surface area contributed by atoms with Crippen LogP contribution in [0.5, 0.6) is 0 Å². The Labute approximate surface area is 226 Å². The molecule has 4 rings (SSSR count). The number of halogens is 2. The molecule has 2 unspecified atom stereocenters. The van der Waals surface area contributed by atoms with E-state index < -0.39 is 41.9 Å². The van der Waals surface area contributed by atoms with E-state index in [0.717, 1.165) is 17.0 Å². The number of aromatic nitrogens is 1. The average molecular weight is 567 g/mol. The molecule has 2 aliphatic heterocycles. The summed E-state index contributed by atoms with van der Waals surface area (Å²) in [4.78, 5) is 56.7. The number of alkyl carbamates (subject to hydrolysis) is 1. The fraction of sp³-hybridized carbons (Fsp3) is 0.458. The van der Waals surface area contributed by atoms with Gasteiger partial charge in [0.1, 0.15) is 23.5 Å². The molecule has 4 amide bonds. The van der Waals surface area contributed by atoms with Crippen LogP contribution in [-0.4, -0.2) is 91.9 Å². The van der Waals surface area contributed by atoms with Crippen molar-refractivity contribution in [2.45, 2.75) is 26.0 Å². The van der Waals surface area contributed by atoms with Crippen LogP contribution in [0.15, 0.2) is 23.0 Å². The second kappa shape index (κ2) is 12.2. The number of nitrogens with zero attached hydrogens (tertiary/aromatic N) is 4. The first-order valence-corrected chi connectivity index (χ1v) is 13.2. The molecule has 0 aliphatic carbocycles. The summed E-state index contributed by atoms with van der Waals surface area (Å²) in [6.45, 7) is 4.10. The summed E-state index contributed by atoms with van der Waals surface area (Å²) in [5, 5.41) is 6.64. The molecule has 2 aliphatic rings. The van der Waals surface area contributed by atoms with Gasteiger partial charge in [0.15, 0.2) is 11.6 Å². The number of cyclic esters (lactones) is 1. The van der Waals surface area contributed by atoms with Crippen LogP contribution in [0.1, 0.15) is 24.3 Å². The summed E-state index contributed by atoms with van der Waals surface area (Å²) in [5.74, 6) is -2.50. The molecule has 210 valence electrons. The van der Waals surface area contributed by atoms with E-state index in [0.29, 0.717) is 0 Å². The van der Waals surface area contributed by atoms with Gasteiger partial charge in [-0.2, -0.15) is 0 Å². The summed E-state index contributed by atoms with van der Waals surface area (Å²) in [6.07, 6.45) is -2.17. The van der Waals surface area contributed by atoms with Crippen molar-refractivity contribution < 1.29 is 37.4 Å². The quantitative estimate of drug-likeness (QED) is 0.496. The van der Waals surface area contributed by atoms with E-state index in [1.54, 1.807) is 19.2 Å². The second-order valence-corrected chi connectivity index (χ2v) is 9.58. The molecular formula is C24H28F2N6O6S. The lowest BCUT2D eigenvalue weighted by molar-refractivity contribution is -0.133. The maximum Gasteiger partial charge on any atom is 0.414 e. The molecule has 0 saturated carbocycles. The van der Waals surface area contributed by atoms with Crippen LogP contribution in [0.25, 0.3) is 0 Å². The largest absolute Gasteiger partial charge is 0.450 e. The van der Waals surface area contributed by atoms with E-state index in [-0.39, 0.29) is 68.9 Å². The predicted molar refractivity (Wildman–Crippen MR) is 137 cm³/mol. The van der Waals surface area contributed by atoms with E-state index in [9.17, 15) is 19.2 Å². The van der Waals surface area contributed by atoms with Crippen molar-refractivity contribution in [1.82, 2.24) is 20.5 Å². The zero-order chi connectivity index (χ0) is 28.1. The smallest absolute Gasteiger partial charge is 0.414 e. The molecule has 3 heterocycles. The number of nitrogens with one attached hydrogen (secondary N) is 2. The SMILES string of the molecule is CCOC(=O)NCC1CN(c2cc(F)c(N3CCN(C(=O)C(C)NC(=O)c4cscn4)CC3)c(F)c2)C(=O)O1. The first kappa shape index (κ1) is 28.0. The van der Waals surface area contributed by atoms with Crippen LogP contribution in [0.3, 0.4) is 0 Å². The normalized spacial score (nSPS) is 18.0. The number of hydrogen-bond donors (Lipinski definition) is 2. The highest BCUT2D eigenvalue weighted by Gasteiger charge is 2.35. The molecule has 1 aromatic heterocycles. The molecule has 2 N–H and O–H groups in total. The van der Waals surface area contributed by atoms with E-state index in [2.05, 4.69) is 15.6 Å². The summed E-state index contributed by atoms with van der Waals surface area (Å²) in [7, 11) is 0. The van der Waals surface area contributed by atoms with Crippen molar-refractivity contribution in [2.75, 3.05) is 55.7 Å². The van der Waals surface area contributed by atoms with Crippen LogP contribution in [0.4, 0.5) is 29.7 Å². The van der Waals surface area contributed by atoms with Gasteiger partial charge < -0.3 is 29.9 Å². The average Bonchev–Trinajstić information content (AvgIpc) is 3.57. The van der Waals surface area contributed by atoms with E-state index in [4.69, 9.17) is 9.47 Å². The summed E-state index contributed by atoms with van der Waals surface area (Å²) >= 11 is 1.27. The minimum absolute atomic E-state index is 0.0125. The first-order chi connectivity index (χ1) is 18.7. The molecule has 15 heteroatoms. The van der Waals surface area contributed by atoms with Gasteiger partial charge in [0.05, 0.1) is 30.9 Å². The lowest BCUT2D eigenvalue weighted by Crippen LogP contribution is -2.54. The lowest BCUT2D eigenvalue weighted by Gasteiger charge is -2.37. The third kappa shape index (κ3) is 6.53. The number of rotatable bonds is 8. The van der Waals surface area contributed by atoms with Crippen LogP contribution in [0.2, 0.25) is 0 Å². The number of benzene rings is 1. The van der Waals surface area contributed by atoms with Gasteiger partial charge in [0.2, 0.25) is 5.91 Å². The van der Waals surface area contributed by atoms with E-state index in [1.807, 2.05) is 0 Å². The molecule has 1 aromatic carbocycles. The summed E-state index contributed by atoms with van der Waals surface area (Å²) < 4.78 is 40.1. The highest BCUT2D eigenvalue weighted by atomic mass is 32.1. The molecule has 2 saturated heterocycles. The molecule has 0 radical (unpaired) electrons. The van der Waals surface area contributed by atoms with Crippen molar-refractivity contribution in [2.24, 2.45) is 0 Å². The summed E-state index contributed by atoms with van der Waals surface area (Å²) in [5.41, 5.74) is 1.47. The van der Waals surface area contributed by atoms with Gasteiger partial charge >= 0.3 is 12.2 Å². The fourth-order valence-corrected chi connectivity index (χ4v) is 4.84. The van der Waals surface area contributed by atoms with Crippen LogP contribution in [0, 0.1) is 11.6 Å². The molecule has 0 spiro atoms. The van der Waals surface area contributed by atoms with Gasteiger partial charge in [-0.3, -0.25) is 14.5 Å². The Morgan fingerprint density at radius 2 is 1.90 bits per heavy atom. The molecular weight excluding hydrogens is 538 g/mol. The van der Waals surface area contributed by atoms with E-state index in [1.165, 1.54) is 26.6 Å². The van der Waals surface area contributed by atoms with E-state index >= 15 is 8.78 Å². The van der Waals surface area contributed by atoms with Crippen LogP contribution >= 0.6 is 11.3 Å². The predicted octanol–water partition coefficient (Wildman–Crippen LogP) is 1.96. The maximum atomic E-state index is 15.1. The lowest BCUT2D eigenvalue weighted by atomic mass is 10.1. The maximum absolute atomic E-state index is 15.1. The number of piperazine rings is 1. The number of carbonyl (C=O) groups is 4. The van der Waals surface area contributed by atoms with Crippen molar-refractivity contribution in [3.8, 4) is 0 Å². The Hall–Kier alpha value is -4.01. The number of thiazole rings is 1. The molecule has 2 atom stereocenters. The highest BCUT2D eigenvalue weighted by molar-refractivity contribution is 7.07. The number of hydrogen-bond acceptors (Lipinski definition) is 9. The molecule has 39 heavy (non-hydrogen) atoms. The number of ether oxygens (including phenoxy) is 2. The van der Waals surface area contributed by atoms with Gasteiger partial charge in [-0.1, -0.05) is 0 Å². The standard InChI is InChI=1S/C24H28F2N6O6S/c1-3-37-23(35)27-10-16-11-32(24(36)38-16)15-8-17(25)20(18(26)9-15)30-4-6-31(7-5-30)22(34)14(2)29-21(33)19-12-39-13-28-19/h8-9,12-14,16H,3-7,10-11H2,1-2H3,(H,27,35)(H,29,33). The second-order valence-electron chi connectivity index (χ2n) is 8.86. The Bertz CT molecular complexity index is 1200. The fourth-order valence-electron chi connectivity index (χ4n) is 4.31. The molecule has 2 fully saturated rings. The van der Waals surface area contributed by atoms with Crippen molar-refractivity contribution in [3.05, 3.63) is 40.4 Å². The van der Waals surface area contributed by atoms with Crippen molar-refractivity contribution in [3.63, 3.8) is 0 Å². The van der Waals surface area contributed by atoms with Crippen molar-refractivity contribution >= 4 is 46.7 Å². The van der Waals surface area contributed by atoms with Gasteiger partial charge in [0, 0.05) is 43.7 Å². The third-order valence-electron chi connectivity index (χ3n) is 6.23. The zero-order valence-electron chi connectivity index (χ0n) is 21.3. The molecule has 12 nitrogen and oxygen atoms in total. The minimum atomic E-state index is -0.866. The number of carbonyl (C=O) groups excluding carboxylic acids is 4.